The fourth-order valence-corrected chi connectivity index (χ4v) is 5.11. The summed E-state index contributed by atoms with van der Waals surface area (Å²) in [6.07, 6.45) is 0. The molecule has 30 heavy (non-hydrogen) atoms. The second kappa shape index (κ2) is 7.89. The number of benzene rings is 3. The highest BCUT2D eigenvalue weighted by Gasteiger charge is 2.20. The SMILES string of the molecule is Cc1ccc(S(=O)(=O)CC(=O)Nc2ccc(-c3nc4ccccc4s3)c(O)c2)cc1. The van der Waals surface area contributed by atoms with Gasteiger partial charge in [-0.2, -0.15) is 0 Å². The van der Waals surface area contributed by atoms with Crippen molar-refractivity contribution in [1.29, 1.82) is 0 Å². The minimum absolute atomic E-state index is 0.0479. The summed E-state index contributed by atoms with van der Waals surface area (Å²) >= 11 is 1.45. The highest BCUT2D eigenvalue weighted by molar-refractivity contribution is 7.92. The zero-order valence-corrected chi connectivity index (χ0v) is 17.6. The van der Waals surface area contributed by atoms with Crippen molar-refractivity contribution in [3.8, 4) is 16.3 Å². The number of carbonyl (C=O) groups excluding carboxylic acids is 1. The number of aryl methyl sites for hydroxylation is 1. The van der Waals surface area contributed by atoms with Gasteiger partial charge >= 0.3 is 0 Å². The molecule has 8 heteroatoms. The van der Waals surface area contributed by atoms with Crippen molar-refractivity contribution in [2.24, 2.45) is 0 Å². The number of para-hydroxylation sites is 1. The minimum atomic E-state index is -3.76. The first-order valence-corrected chi connectivity index (χ1v) is 11.6. The summed E-state index contributed by atoms with van der Waals surface area (Å²) in [5.41, 5.74) is 2.63. The van der Waals surface area contributed by atoms with Crippen molar-refractivity contribution in [1.82, 2.24) is 4.98 Å². The van der Waals surface area contributed by atoms with Crippen molar-refractivity contribution >= 4 is 43.0 Å². The fraction of sp³-hybridized carbons (Fsp3) is 0.0909. The Hall–Kier alpha value is -3.23. The van der Waals surface area contributed by atoms with E-state index >= 15 is 0 Å². The van der Waals surface area contributed by atoms with Crippen LogP contribution in [0.15, 0.2) is 71.6 Å². The normalized spacial score (nSPS) is 11.5. The standard InChI is InChI=1S/C22H18N2O4S2/c1-14-6-9-16(10-7-14)30(27,28)13-21(26)23-15-8-11-17(19(25)12-15)22-24-18-4-2-3-5-20(18)29-22/h2-12,25H,13H2,1H3,(H,23,26). The summed E-state index contributed by atoms with van der Waals surface area (Å²) in [4.78, 5) is 16.9. The van der Waals surface area contributed by atoms with Crippen molar-refractivity contribution in [2.75, 3.05) is 11.1 Å². The van der Waals surface area contributed by atoms with Crippen molar-refractivity contribution in [2.45, 2.75) is 11.8 Å². The lowest BCUT2D eigenvalue weighted by Gasteiger charge is -2.09. The monoisotopic (exact) mass is 438 g/mol. The second-order valence-corrected chi connectivity index (χ2v) is 9.86. The van der Waals surface area contributed by atoms with Gasteiger partial charge in [-0.1, -0.05) is 29.8 Å². The molecule has 0 radical (unpaired) electrons. The summed E-state index contributed by atoms with van der Waals surface area (Å²) in [6.45, 7) is 1.85. The van der Waals surface area contributed by atoms with Gasteiger partial charge in [-0.15, -0.1) is 11.3 Å². The van der Waals surface area contributed by atoms with Crippen LogP contribution in [0.25, 0.3) is 20.8 Å². The molecular weight excluding hydrogens is 420 g/mol. The number of thiazole rings is 1. The van der Waals surface area contributed by atoms with Crippen molar-refractivity contribution in [3.63, 3.8) is 0 Å². The van der Waals surface area contributed by atoms with Gasteiger partial charge in [0.05, 0.1) is 20.7 Å². The minimum Gasteiger partial charge on any atom is -0.507 e. The van der Waals surface area contributed by atoms with E-state index in [0.29, 0.717) is 16.3 Å². The summed E-state index contributed by atoms with van der Waals surface area (Å²) in [5.74, 6) is -1.41. The first kappa shape index (κ1) is 20.1. The molecular formula is C22H18N2O4S2. The van der Waals surface area contributed by atoms with E-state index in [9.17, 15) is 18.3 Å². The molecule has 0 spiro atoms. The second-order valence-electron chi connectivity index (χ2n) is 6.84. The van der Waals surface area contributed by atoms with E-state index in [4.69, 9.17) is 0 Å². The number of aromatic nitrogens is 1. The number of fused-ring (bicyclic) bond motifs is 1. The molecule has 1 aromatic heterocycles. The maximum Gasteiger partial charge on any atom is 0.239 e. The average Bonchev–Trinajstić information content (AvgIpc) is 3.11. The third-order valence-electron chi connectivity index (χ3n) is 4.51. The maximum absolute atomic E-state index is 12.4. The van der Waals surface area contributed by atoms with Crippen LogP contribution < -0.4 is 5.32 Å². The van der Waals surface area contributed by atoms with Crippen LogP contribution in [-0.4, -0.2) is 30.2 Å². The van der Waals surface area contributed by atoms with Crippen LogP contribution in [0.3, 0.4) is 0 Å². The Labute approximate surface area is 177 Å². The van der Waals surface area contributed by atoms with E-state index in [2.05, 4.69) is 10.3 Å². The molecule has 0 unspecified atom stereocenters. The predicted octanol–water partition coefficient (Wildman–Crippen LogP) is 4.39. The summed E-state index contributed by atoms with van der Waals surface area (Å²) in [6, 6.07) is 18.7. The number of phenolic OH excluding ortho intramolecular Hbond substituents is 1. The number of hydrogen-bond acceptors (Lipinski definition) is 6. The Morgan fingerprint density at radius 2 is 1.80 bits per heavy atom. The molecule has 4 rings (SSSR count). The van der Waals surface area contributed by atoms with Gasteiger partial charge in [-0.05, 0) is 43.3 Å². The molecule has 152 valence electrons. The van der Waals surface area contributed by atoms with Gasteiger partial charge in [0, 0.05) is 11.8 Å². The average molecular weight is 439 g/mol. The molecule has 0 saturated carbocycles. The lowest BCUT2D eigenvalue weighted by Crippen LogP contribution is -2.23. The molecule has 0 aliphatic heterocycles. The van der Waals surface area contributed by atoms with E-state index in [1.54, 1.807) is 24.3 Å². The van der Waals surface area contributed by atoms with Crippen LogP contribution >= 0.6 is 11.3 Å². The third kappa shape index (κ3) is 4.19. The molecule has 0 atom stereocenters. The first-order valence-electron chi connectivity index (χ1n) is 9.10. The van der Waals surface area contributed by atoms with Crippen LogP contribution in [-0.2, 0) is 14.6 Å². The Balaban J connectivity index is 1.50. The summed E-state index contributed by atoms with van der Waals surface area (Å²) < 4.78 is 25.8. The maximum atomic E-state index is 12.4. The predicted molar refractivity (Wildman–Crippen MR) is 119 cm³/mol. The van der Waals surface area contributed by atoms with Crippen molar-refractivity contribution < 1.29 is 18.3 Å². The van der Waals surface area contributed by atoms with Gasteiger partial charge in [0.1, 0.15) is 16.5 Å². The molecule has 1 heterocycles. The zero-order chi connectivity index (χ0) is 21.3. The lowest BCUT2D eigenvalue weighted by atomic mass is 10.2. The van der Waals surface area contributed by atoms with Gasteiger partial charge in [-0.25, -0.2) is 13.4 Å². The highest BCUT2D eigenvalue weighted by atomic mass is 32.2. The van der Waals surface area contributed by atoms with Crippen LogP contribution in [0.2, 0.25) is 0 Å². The number of hydrogen-bond donors (Lipinski definition) is 2. The Bertz CT molecular complexity index is 1310. The largest absolute Gasteiger partial charge is 0.507 e. The molecule has 0 aliphatic carbocycles. The lowest BCUT2D eigenvalue weighted by molar-refractivity contribution is -0.113. The molecule has 1 amide bonds. The Morgan fingerprint density at radius 3 is 2.50 bits per heavy atom. The van der Waals surface area contributed by atoms with Crippen LogP contribution in [0, 0.1) is 6.92 Å². The molecule has 3 aromatic carbocycles. The van der Waals surface area contributed by atoms with Gasteiger partial charge < -0.3 is 10.4 Å². The molecule has 4 aromatic rings. The number of anilines is 1. The molecule has 6 nitrogen and oxygen atoms in total. The Morgan fingerprint density at radius 1 is 1.07 bits per heavy atom. The summed E-state index contributed by atoms with van der Waals surface area (Å²) in [5, 5.41) is 13.6. The van der Waals surface area contributed by atoms with Crippen LogP contribution in [0.5, 0.6) is 5.75 Å². The number of carbonyl (C=O) groups is 1. The van der Waals surface area contributed by atoms with Crippen LogP contribution in [0.4, 0.5) is 5.69 Å². The number of rotatable bonds is 5. The topological polar surface area (TPSA) is 96.4 Å². The van der Waals surface area contributed by atoms with Crippen molar-refractivity contribution in [3.05, 3.63) is 72.3 Å². The number of sulfone groups is 1. The summed E-state index contributed by atoms with van der Waals surface area (Å²) in [7, 11) is -3.76. The fourth-order valence-electron chi connectivity index (χ4n) is 2.98. The number of aromatic hydroxyl groups is 1. The van der Waals surface area contributed by atoms with Gasteiger partial charge in [0.15, 0.2) is 9.84 Å². The van der Waals surface area contributed by atoms with E-state index < -0.39 is 21.5 Å². The molecule has 0 aliphatic rings. The quantitative estimate of drug-likeness (QED) is 0.482. The smallest absolute Gasteiger partial charge is 0.239 e. The Kier molecular flexibility index (Phi) is 5.27. The van der Waals surface area contributed by atoms with E-state index in [-0.39, 0.29) is 10.6 Å². The third-order valence-corrected chi connectivity index (χ3v) is 7.21. The highest BCUT2D eigenvalue weighted by Crippen LogP contribution is 2.36. The number of amides is 1. The zero-order valence-electron chi connectivity index (χ0n) is 16.0. The van der Waals surface area contributed by atoms with E-state index in [0.717, 1.165) is 15.8 Å². The van der Waals surface area contributed by atoms with Gasteiger partial charge in [-0.3, -0.25) is 4.79 Å². The first-order chi connectivity index (χ1) is 14.3. The van der Waals surface area contributed by atoms with Gasteiger partial charge in [0.25, 0.3) is 0 Å². The number of nitrogens with zero attached hydrogens (tertiary/aromatic N) is 1. The molecule has 2 N–H and O–H groups in total. The van der Waals surface area contributed by atoms with Crippen LogP contribution in [0.1, 0.15) is 5.56 Å². The number of nitrogens with one attached hydrogen (secondary N) is 1. The van der Waals surface area contributed by atoms with Gasteiger partial charge in [0.2, 0.25) is 5.91 Å². The molecule has 0 fully saturated rings. The molecule has 0 bridgehead atoms. The number of phenols is 1. The van der Waals surface area contributed by atoms with E-state index in [1.165, 1.54) is 29.5 Å². The molecule has 0 saturated heterocycles. The van der Waals surface area contributed by atoms with E-state index in [1.807, 2.05) is 31.2 Å².